The van der Waals surface area contributed by atoms with Gasteiger partial charge in [-0.3, -0.25) is 4.79 Å². The van der Waals surface area contributed by atoms with Crippen LogP contribution in [0.4, 0.5) is 11.4 Å². The molecule has 2 saturated heterocycles. The molecule has 1 amide bonds. The lowest BCUT2D eigenvalue weighted by atomic mass is 9.92. The van der Waals surface area contributed by atoms with E-state index in [1.807, 2.05) is 31.2 Å². The maximum atomic E-state index is 12.6. The molecule has 0 unspecified atom stereocenters. The number of amides is 1. The summed E-state index contributed by atoms with van der Waals surface area (Å²) in [4.78, 5) is 29.5. The van der Waals surface area contributed by atoms with Crippen molar-refractivity contribution in [1.29, 1.82) is 0 Å². The molecule has 4 rings (SSSR count). The number of aromatic carboxylic acids is 1. The molecule has 33 heavy (non-hydrogen) atoms. The quantitative estimate of drug-likeness (QED) is 0.620. The summed E-state index contributed by atoms with van der Waals surface area (Å²) >= 11 is 0. The average molecular weight is 450 g/mol. The summed E-state index contributed by atoms with van der Waals surface area (Å²) < 4.78 is 0. The second-order valence-electron chi connectivity index (χ2n) is 9.43. The van der Waals surface area contributed by atoms with E-state index in [0.717, 1.165) is 37.2 Å². The number of piperidine rings is 2. The number of carbonyl (C=O) groups excluding carboxylic acids is 1. The number of carboxylic acid groups (broad SMARTS) is 1. The van der Waals surface area contributed by atoms with Crippen molar-refractivity contribution in [3.8, 4) is 0 Å². The Morgan fingerprint density at radius 3 is 2.39 bits per heavy atom. The Labute approximate surface area is 196 Å². The van der Waals surface area contributed by atoms with Gasteiger partial charge in [0.25, 0.3) is 5.91 Å². The molecule has 2 aliphatic heterocycles. The summed E-state index contributed by atoms with van der Waals surface area (Å²) in [6.07, 6.45) is 7.46. The van der Waals surface area contributed by atoms with E-state index >= 15 is 0 Å². The van der Waals surface area contributed by atoms with E-state index in [9.17, 15) is 14.7 Å². The Morgan fingerprint density at radius 2 is 1.70 bits per heavy atom. The zero-order chi connectivity index (χ0) is 23.2. The van der Waals surface area contributed by atoms with Gasteiger partial charge in [-0.05, 0) is 94.4 Å². The van der Waals surface area contributed by atoms with Gasteiger partial charge in [0.2, 0.25) is 0 Å². The first-order valence-corrected chi connectivity index (χ1v) is 12.2. The maximum Gasteiger partial charge on any atom is 0.337 e. The van der Waals surface area contributed by atoms with Crippen LogP contribution in [-0.2, 0) is 0 Å². The van der Waals surface area contributed by atoms with E-state index in [4.69, 9.17) is 0 Å². The minimum Gasteiger partial charge on any atom is -0.478 e. The number of anilines is 2. The van der Waals surface area contributed by atoms with Gasteiger partial charge in [-0.15, -0.1) is 0 Å². The molecule has 6 nitrogen and oxygen atoms in total. The second-order valence-corrected chi connectivity index (χ2v) is 9.43. The van der Waals surface area contributed by atoms with Crippen LogP contribution in [0.1, 0.15) is 64.8 Å². The number of benzene rings is 2. The van der Waals surface area contributed by atoms with E-state index in [1.165, 1.54) is 45.3 Å². The first kappa shape index (κ1) is 23.3. The number of carbonyl (C=O) groups is 2. The molecule has 2 aliphatic rings. The largest absolute Gasteiger partial charge is 0.478 e. The third-order valence-corrected chi connectivity index (χ3v) is 7.13. The highest BCUT2D eigenvalue weighted by Gasteiger charge is 2.24. The zero-order valence-electron chi connectivity index (χ0n) is 19.6. The Hall–Kier alpha value is -2.86. The summed E-state index contributed by atoms with van der Waals surface area (Å²) in [5.41, 5.74) is 2.95. The van der Waals surface area contributed by atoms with Crippen LogP contribution in [0.2, 0.25) is 0 Å². The molecular weight excluding hydrogens is 414 g/mol. The molecule has 2 fully saturated rings. The predicted molar refractivity (Wildman–Crippen MR) is 132 cm³/mol. The van der Waals surface area contributed by atoms with E-state index in [2.05, 4.69) is 15.1 Å². The van der Waals surface area contributed by atoms with E-state index in [-0.39, 0.29) is 11.5 Å². The first-order valence-electron chi connectivity index (χ1n) is 12.2. The number of nitrogens with one attached hydrogen (secondary N) is 1. The number of hydrogen-bond acceptors (Lipinski definition) is 4. The van der Waals surface area contributed by atoms with Crippen molar-refractivity contribution in [2.45, 2.75) is 45.4 Å². The summed E-state index contributed by atoms with van der Waals surface area (Å²) in [6.45, 7) is 7.32. The number of hydrogen-bond donors (Lipinski definition) is 2. The first-order chi connectivity index (χ1) is 16.0. The lowest BCUT2D eigenvalue weighted by Crippen LogP contribution is -2.37. The van der Waals surface area contributed by atoms with Crippen LogP contribution in [0.25, 0.3) is 0 Å². The molecule has 0 radical (unpaired) electrons. The monoisotopic (exact) mass is 449 g/mol. The fourth-order valence-corrected chi connectivity index (χ4v) is 5.10. The summed E-state index contributed by atoms with van der Waals surface area (Å²) in [6, 6.07) is 12.6. The normalized spacial score (nSPS) is 17.7. The van der Waals surface area contributed by atoms with Crippen LogP contribution in [0.5, 0.6) is 0 Å². The van der Waals surface area contributed by atoms with Crippen LogP contribution in [-0.4, -0.2) is 54.6 Å². The number of carboxylic acids is 1. The van der Waals surface area contributed by atoms with Gasteiger partial charge in [-0.25, -0.2) is 4.79 Å². The molecule has 0 bridgehead atoms. The smallest absolute Gasteiger partial charge is 0.337 e. The van der Waals surface area contributed by atoms with Gasteiger partial charge in [-0.1, -0.05) is 24.6 Å². The molecule has 0 saturated carbocycles. The molecule has 6 heteroatoms. The van der Waals surface area contributed by atoms with Crippen LogP contribution in [0, 0.1) is 12.8 Å². The van der Waals surface area contributed by atoms with E-state index < -0.39 is 5.97 Å². The Morgan fingerprint density at radius 1 is 0.970 bits per heavy atom. The minimum absolute atomic E-state index is 0.230. The van der Waals surface area contributed by atoms with E-state index in [1.54, 1.807) is 18.2 Å². The Bertz CT molecular complexity index is 976. The van der Waals surface area contributed by atoms with Crippen molar-refractivity contribution in [1.82, 2.24) is 4.90 Å². The summed E-state index contributed by atoms with van der Waals surface area (Å²) in [7, 11) is 0. The third-order valence-electron chi connectivity index (χ3n) is 7.13. The van der Waals surface area contributed by atoms with Crippen LogP contribution in [0.3, 0.4) is 0 Å². The summed E-state index contributed by atoms with van der Waals surface area (Å²) in [5.74, 6) is -0.486. The molecule has 2 N–H and O–H groups in total. The fraction of sp³-hybridized carbons (Fsp3) is 0.481. The van der Waals surface area contributed by atoms with Gasteiger partial charge >= 0.3 is 5.97 Å². The number of likely N-dealkylation sites (tertiary alicyclic amines) is 1. The van der Waals surface area contributed by atoms with Gasteiger partial charge < -0.3 is 20.2 Å². The second kappa shape index (κ2) is 10.8. The van der Waals surface area contributed by atoms with Crippen molar-refractivity contribution in [3.05, 3.63) is 59.2 Å². The Balaban J connectivity index is 1.37. The van der Waals surface area contributed by atoms with E-state index in [0.29, 0.717) is 17.2 Å². The molecule has 2 aromatic carbocycles. The number of aryl methyl sites for hydroxylation is 1. The van der Waals surface area contributed by atoms with Crippen molar-refractivity contribution in [2.75, 3.05) is 42.9 Å². The van der Waals surface area contributed by atoms with Crippen LogP contribution in [0.15, 0.2) is 42.5 Å². The fourth-order valence-electron chi connectivity index (χ4n) is 5.10. The van der Waals surface area contributed by atoms with Gasteiger partial charge in [0.05, 0.1) is 11.3 Å². The third kappa shape index (κ3) is 5.93. The predicted octanol–water partition coefficient (Wildman–Crippen LogP) is 5.04. The van der Waals surface area contributed by atoms with Crippen molar-refractivity contribution in [3.63, 3.8) is 0 Å². The number of rotatable bonds is 7. The van der Waals surface area contributed by atoms with Crippen molar-refractivity contribution in [2.24, 2.45) is 5.92 Å². The lowest BCUT2D eigenvalue weighted by Gasteiger charge is -2.35. The number of nitrogens with zero attached hydrogens (tertiary/aromatic N) is 2. The highest BCUT2D eigenvalue weighted by Crippen LogP contribution is 2.30. The van der Waals surface area contributed by atoms with Crippen LogP contribution < -0.4 is 10.2 Å². The van der Waals surface area contributed by atoms with Gasteiger partial charge in [-0.2, -0.15) is 0 Å². The van der Waals surface area contributed by atoms with Crippen molar-refractivity contribution >= 4 is 23.3 Å². The van der Waals surface area contributed by atoms with Gasteiger partial charge in [0, 0.05) is 24.3 Å². The molecular formula is C27H35N3O3. The SMILES string of the molecule is Cc1ccccc1C(=O)Nc1ccc(N2CCC(CCN3CCCCC3)CC2)c(C(=O)O)c1. The average Bonchev–Trinajstić information content (AvgIpc) is 2.84. The van der Waals surface area contributed by atoms with Crippen LogP contribution >= 0.6 is 0 Å². The van der Waals surface area contributed by atoms with Gasteiger partial charge in [0.15, 0.2) is 0 Å². The zero-order valence-corrected chi connectivity index (χ0v) is 19.6. The standard InChI is InChI=1S/C27H35N3O3/c1-20-7-3-4-8-23(20)26(31)28-22-9-10-25(24(19-22)27(32)33)30-17-12-21(13-18-30)11-16-29-14-5-2-6-15-29/h3-4,7-10,19,21H,2,5-6,11-18H2,1H3,(H,28,31)(H,32,33). The minimum atomic E-state index is -0.968. The highest BCUT2D eigenvalue weighted by molar-refractivity contribution is 6.06. The van der Waals surface area contributed by atoms with Crippen molar-refractivity contribution < 1.29 is 14.7 Å². The molecule has 0 aromatic heterocycles. The highest BCUT2D eigenvalue weighted by atomic mass is 16.4. The molecule has 176 valence electrons. The molecule has 0 atom stereocenters. The maximum absolute atomic E-state index is 12.6. The molecule has 0 aliphatic carbocycles. The van der Waals surface area contributed by atoms with Gasteiger partial charge in [0.1, 0.15) is 0 Å². The Kier molecular flexibility index (Phi) is 7.65. The molecule has 0 spiro atoms. The molecule has 2 heterocycles. The summed E-state index contributed by atoms with van der Waals surface area (Å²) in [5, 5.41) is 12.7. The molecule has 2 aromatic rings. The topological polar surface area (TPSA) is 72.9 Å². The lowest BCUT2D eigenvalue weighted by molar-refractivity contribution is 0.0697.